The minimum absolute atomic E-state index is 0.158. The first kappa shape index (κ1) is 15.8. The maximum Gasteiger partial charge on any atom is 0.419 e. The molecule has 0 radical (unpaired) electrons. The van der Waals surface area contributed by atoms with Crippen LogP contribution >= 0.6 is 0 Å². The van der Waals surface area contributed by atoms with Gasteiger partial charge in [0.25, 0.3) is 0 Å². The molecule has 0 aliphatic carbocycles. The molecule has 0 atom stereocenters. The molecule has 0 aromatic heterocycles. The third-order valence-electron chi connectivity index (χ3n) is 3.19. The van der Waals surface area contributed by atoms with Gasteiger partial charge in [-0.25, -0.2) is 4.39 Å². The fraction of sp³-hybridized carbons (Fsp3) is 0.188. The van der Waals surface area contributed by atoms with Gasteiger partial charge in [0.15, 0.2) is 0 Å². The Morgan fingerprint density at radius 2 is 1.86 bits per heavy atom. The van der Waals surface area contributed by atoms with E-state index in [1.807, 2.05) is 13.0 Å². The Balaban J connectivity index is 2.16. The van der Waals surface area contributed by atoms with Gasteiger partial charge in [0.05, 0.1) is 17.2 Å². The van der Waals surface area contributed by atoms with Crippen LogP contribution in [0.3, 0.4) is 0 Å². The zero-order valence-electron chi connectivity index (χ0n) is 11.6. The van der Waals surface area contributed by atoms with Crippen molar-refractivity contribution < 1.29 is 17.6 Å². The maximum absolute atomic E-state index is 13.5. The fourth-order valence-corrected chi connectivity index (χ4v) is 1.98. The molecule has 2 nitrogen and oxygen atoms in total. The number of hydrogen-bond donors (Lipinski definition) is 1. The predicted molar refractivity (Wildman–Crippen MR) is 74.6 cm³/mol. The van der Waals surface area contributed by atoms with Crippen molar-refractivity contribution in [3.8, 4) is 6.07 Å². The van der Waals surface area contributed by atoms with Crippen LogP contribution in [-0.2, 0) is 12.7 Å². The van der Waals surface area contributed by atoms with Crippen LogP contribution in [0.4, 0.5) is 23.2 Å². The lowest BCUT2D eigenvalue weighted by molar-refractivity contribution is -0.140. The molecule has 2 aromatic rings. The minimum atomic E-state index is -4.70. The molecular weight excluding hydrogens is 296 g/mol. The second kappa shape index (κ2) is 6.06. The summed E-state index contributed by atoms with van der Waals surface area (Å²) in [7, 11) is 0. The summed E-state index contributed by atoms with van der Waals surface area (Å²) < 4.78 is 50.9. The van der Waals surface area contributed by atoms with Gasteiger partial charge >= 0.3 is 6.18 Å². The van der Waals surface area contributed by atoms with E-state index in [1.54, 1.807) is 18.2 Å². The number of alkyl halides is 3. The van der Waals surface area contributed by atoms with E-state index < -0.39 is 17.6 Å². The molecule has 0 fully saturated rings. The summed E-state index contributed by atoms with van der Waals surface area (Å²) in [5, 5.41) is 11.8. The van der Waals surface area contributed by atoms with Gasteiger partial charge in [0.1, 0.15) is 5.82 Å². The van der Waals surface area contributed by atoms with Crippen molar-refractivity contribution in [1.29, 1.82) is 5.26 Å². The quantitative estimate of drug-likeness (QED) is 0.839. The number of nitrogens with one attached hydrogen (secondary N) is 1. The van der Waals surface area contributed by atoms with E-state index in [9.17, 15) is 17.6 Å². The molecule has 0 amide bonds. The molecule has 22 heavy (non-hydrogen) atoms. The molecule has 0 saturated carbocycles. The lowest BCUT2D eigenvalue weighted by atomic mass is 10.1. The number of anilines is 1. The van der Waals surface area contributed by atoms with Crippen molar-refractivity contribution in [2.75, 3.05) is 5.32 Å². The maximum atomic E-state index is 13.5. The summed E-state index contributed by atoms with van der Waals surface area (Å²) in [5.41, 5.74) is 1.13. The number of benzene rings is 2. The first-order valence-corrected chi connectivity index (χ1v) is 6.41. The highest BCUT2D eigenvalue weighted by atomic mass is 19.4. The van der Waals surface area contributed by atoms with E-state index in [0.29, 0.717) is 16.8 Å². The van der Waals surface area contributed by atoms with Gasteiger partial charge in [-0.3, -0.25) is 0 Å². The highest BCUT2D eigenvalue weighted by Gasteiger charge is 2.33. The summed E-state index contributed by atoms with van der Waals surface area (Å²) in [6.07, 6.45) is -4.70. The molecule has 0 heterocycles. The molecule has 0 unspecified atom stereocenters. The Bertz CT molecular complexity index is 730. The van der Waals surface area contributed by atoms with Crippen LogP contribution in [0.5, 0.6) is 0 Å². The Hall–Kier alpha value is -2.55. The van der Waals surface area contributed by atoms with Crippen LogP contribution in [-0.4, -0.2) is 0 Å². The average molecular weight is 308 g/mol. The van der Waals surface area contributed by atoms with Gasteiger partial charge in [-0.05, 0) is 42.3 Å². The van der Waals surface area contributed by atoms with Crippen molar-refractivity contribution in [1.82, 2.24) is 0 Å². The molecule has 2 aromatic carbocycles. The van der Waals surface area contributed by atoms with Crippen molar-refractivity contribution in [3.05, 3.63) is 64.5 Å². The topological polar surface area (TPSA) is 35.8 Å². The van der Waals surface area contributed by atoms with Crippen LogP contribution in [0, 0.1) is 24.1 Å². The smallest absolute Gasteiger partial charge is 0.381 e. The molecule has 0 aliphatic heterocycles. The Morgan fingerprint density at radius 1 is 1.14 bits per heavy atom. The van der Waals surface area contributed by atoms with Gasteiger partial charge in [0.2, 0.25) is 0 Å². The highest BCUT2D eigenvalue weighted by molar-refractivity contribution is 5.55. The van der Waals surface area contributed by atoms with Gasteiger partial charge in [-0.15, -0.1) is 0 Å². The Morgan fingerprint density at radius 3 is 2.45 bits per heavy atom. The first-order valence-electron chi connectivity index (χ1n) is 6.41. The molecular formula is C16H12F4N2. The van der Waals surface area contributed by atoms with E-state index in [1.165, 1.54) is 6.07 Å². The van der Waals surface area contributed by atoms with Gasteiger partial charge in [-0.1, -0.05) is 12.1 Å². The first-order chi connectivity index (χ1) is 10.3. The molecule has 1 N–H and O–H groups in total. The summed E-state index contributed by atoms with van der Waals surface area (Å²) in [6, 6.07) is 9.87. The third kappa shape index (κ3) is 3.55. The summed E-state index contributed by atoms with van der Waals surface area (Å²) in [4.78, 5) is 0. The lowest BCUT2D eigenvalue weighted by Gasteiger charge is -2.12. The number of nitrogens with zero attached hydrogens (tertiary/aromatic N) is 1. The number of nitriles is 1. The Kier molecular flexibility index (Phi) is 4.36. The molecule has 0 saturated heterocycles. The van der Waals surface area contributed by atoms with E-state index in [0.717, 1.165) is 17.7 Å². The van der Waals surface area contributed by atoms with Crippen LogP contribution in [0.1, 0.15) is 22.3 Å². The molecule has 2 rings (SSSR count). The third-order valence-corrected chi connectivity index (χ3v) is 3.19. The Labute approximate surface area is 125 Å². The van der Waals surface area contributed by atoms with Crippen molar-refractivity contribution in [2.45, 2.75) is 19.6 Å². The number of halogens is 4. The standard InChI is InChI=1S/C16H12F4N2/c1-10-2-3-11(8-21)7-15(10)22-9-12-4-5-13(14(17)6-12)16(18,19)20/h2-7,22H,9H2,1H3. The van der Waals surface area contributed by atoms with Crippen molar-refractivity contribution >= 4 is 5.69 Å². The molecule has 6 heteroatoms. The van der Waals surface area contributed by atoms with E-state index in [2.05, 4.69) is 5.32 Å². The van der Waals surface area contributed by atoms with E-state index in [4.69, 9.17) is 5.26 Å². The summed E-state index contributed by atoms with van der Waals surface area (Å²) >= 11 is 0. The van der Waals surface area contributed by atoms with Gasteiger partial charge in [0, 0.05) is 12.2 Å². The highest BCUT2D eigenvalue weighted by Crippen LogP contribution is 2.31. The zero-order valence-corrected chi connectivity index (χ0v) is 11.6. The molecule has 0 aliphatic rings. The molecule has 114 valence electrons. The van der Waals surface area contributed by atoms with Crippen molar-refractivity contribution in [3.63, 3.8) is 0 Å². The van der Waals surface area contributed by atoms with Gasteiger partial charge in [-0.2, -0.15) is 18.4 Å². The second-order valence-electron chi connectivity index (χ2n) is 4.81. The number of aryl methyl sites for hydroxylation is 1. The average Bonchev–Trinajstić information content (AvgIpc) is 2.45. The predicted octanol–water partition coefficient (Wildman–Crippen LogP) is 4.64. The van der Waals surface area contributed by atoms with Crippen LogP contribution in [0.15, 0.2) is 36.4 Å². The van der Waals surface area contributed by atoms with Crippen LogP contribution in [0.25, 0.3) is 0 Å². The normalized spacial score (nSPS) is 11.1. The lowest BCUT2D eigenvalue weighted by Crippen LogP contribution is -2.09. The number of hydrogen-bond acceptors (Lipinski definition) is 2. The van der Waals surface area contributed by atoms with Crippen LogP contribution < -0.4 is 5.32 Å². The molecule has 0 spiro atoms. The minimum Gasteiger partial charge on any atom is -0.381 e. The van der Waals surface area contributed by atoms with E-state index in [-0.39, 0.29) is 6.54 Å². The van der Waals surface area contributed by atoms with Crippen molar-refractivity contribution in [2.24, 2.45) is 0 Å². The summed E-state index contributed by atoms with van der Waals surface area (Å²) in [5.74, 6) is -1.30. The zero-order chi connectivity index (χ0) is 16.3. The largest absolute Gasteiger partial charge is 0.419 e. The van der Waals surface area contributed by atoms with Gasteiger partial charge < -0.3 is 5.32 Å². The number of rotatable bonds is 3. The van der Waals surface area contributed by atoms with E-state index >= 15 is 0 Å². The monoisotopic (exact) mass is 308 g/mol. The van der Waals surface area contributed by atoms with Crippen LogP contribution in [0.2, 0.25) is 0 Å². The summed E-state index contributed by atoms with van der Waals surface area (Å²) in [6.45, 7) is 1.99. The SMILES string of the molecule is Cc1ccc(C#N)cc1NCc1ccc(C(F)(F)F)c(F)c1. The fourth-order valence-electron chi connectivity index (χ4n) is 1.98. The molecule has 0 bridgehead atoms. The second-order valence-corrected chi connectivity index (χ2v) is 4.81.